The molecule has 0 fully saturated rings. The number of para-hydroxylation sites is 1. The standard InChI is InChI=1S/C25H28ClN3O4/c1-14(2)24-28-25(33-29-24)18-9-7-8-16(5)22(18)27-21(30)11-10-17-12-19(26)23(32-15(3)4)20(13-17)31-6/h7-15H,1-6H3,(H,27,30)/b11-10+. The Balaban J connectivity index is 1.83. The fourth-order valence-corrected chi connectivity index (χ4v) is 3.38. The second kappa shape index (κ2) is 10.5. The van der Waals surface area contributed by atoms with E-state index in [0.29, 0.717) is 45.1 Å². The number of nitrogens with zero attached hydrogens (tertiary/aromatic N) is 2. The lowest BCUT2D eigenvalue weighted by atomic mass is 10.1. The van der Waals surface area contributed by atoms with Crippen molar-refractivity contribution in [3.8, 4) is 23.0 Å². The van der Waals surface area contributed by atoms with Gasteiger partial charge in [0.15, 0.2) is 17.3 Å². The van der Waals surface area contributed by atoms with Crippen LogP contribution in [0.3, 0.4) is 0 Å². The summed E-state index contributed by atoms with van der Waals surface area (Å²) in [6.07, 6.45) is 3.03. The maximum Gasteiger partial charge on any atom is 0.260 e. The molecule has 0 atom stereocenters. The molecule has 1 amide bonds. The van der Waals surface area contributed by atoms with Gasteiger partial charge in [-0.1, -0.05) is 42.7 Å². The average Bonchev–Trinajstić information content (AvgIpc) is 3.25. The Hall–Kier alpha value is -3.32. The Morgan fingerprint density at radius 3 is 2.61 bits per heavy atom. The molecule has 0 spiro atoms. The maximum atomic E-state index is 12.7. The number of aryl methyl sites for hydroxylation is 1. The molecule has 174 valence electrons. The number of hydrogen-bond acceptors (Lipinski definition) is 6. The van der Waals surface area contributed by atoms with Crippen LogP contribution in [-0.2, 0) is 4.79 Å². The molecule has 3 aromatic rings. The molecule has 2 aromatic carbocycles. The second-order valence-electron chi connectivity index (χ2n) is 8.13. The molecule has 0 aliphatic heterocycles. The van der Waals surface area contributed by atoms with Crippen molar-refractivity contribution in [2.75, 3.05) is 12.4 Å². The van der Waals surface area contributed by atoms with Gasteiger partial charge in [-0.3, -0.25) is 4.79 Å². The van der Waals surface area contributed by atoms with Crippen molar-refractivity contribution in [2.45, 2.75) is 46.6 Å². The van der Waals surface area contributed by atoms with Crippen LogP contribution in [-0.4, -0.2) is 29.3 Å². The number of nitrogens with one attached hydrogen (secondary N) is 1. The zero-order valence-electron chi connectivity index (χ0n) is 19.6. The zero-order valence-corrected chi connectivity index (χ0v) is 20.4. The molecule has 1 aromatic heterocycles. The van der Waals surface area contributed by atoms with Gasteiger partial charge in [0.25, 0.3) is 5.89 Å². The van der Waals surface area contributed by atoms with E-state index in [-0.39, 0.29) is 17.9 Å². The molecule has 3 rings (SSSR count). The van der Waals surface area contributed by atoms with Gasteiger partial charge in [-0.05, 0) is 56.2 Å². The lowest BCUT2D eigenvalue weighted by molar-refractivity contribution is -0.111. The molecule has 0 unspecified atom stereocenters. The normalized spacial score (nSPS) is 11.4. The van der Waals surface area contributed by atoms with Gasteiger partial charge in [0.1, 0.15) is 0 Å². The van der Waals surface area contributed by atoms with E-state index in [9.17, 15) is 4.79 Å². The van der Waals surface area contributed by atoms with Crippen molar-refractivity contribution in [1.82, 2.24) is 10.1 Å². The van der Waals surface area contributed by atoms with Crippen molar-refractivity contribution >= 4 is 29.3 Å². The van der Waals surface area contributed by atoms with Gasteiger partial charge in [0, 0.05) is 12.0 Å². The molecule has 0 saturated heterocycles. The van der Waals surface area contributed by atoms with Gasteiger partial charge in [-0.2, -0.15) is 4.98 Å². The van der Waals surface area contributed by atoms with Gasteiger partial charge in [0.05, 0.1) is 29.5 Å². The number of amides is 1. The van der Waals surface area contributed by atoms with Crippen LogP contribution >= 0.6 is 11.6 Å². The van der Waals surface area contributed by atoms with E-state index < -0.39 is 0 Å². The van der Waals surface area contributed by atoms with Crippen LogP contribution in [0.4, 0.5) is 5.69 Å². The van der Waals surface area contributed by atoms with Crippen LogP contribution in [0.25, 0.3) is 17.5 Å². The van der Waals surface area contributed by atoms with Crippen molar-refractivity contribution < 1.29 is 18.8 Å². The fraction of sp³-hybridized carbons (Fsp3) is 0.320. The molecule has 0 saturated carbocycles. The first-order chi connectivity index (χ1) is 15.7. The third-order valence-corrected chi connectivity index (χ3v) is 5.02. The lowest BCUT2D eigenvalue weighted by Gasteiger charge is -2.15. The van der Waals surface area contributed by atoms with Crippen molar-refractivity contribution in [2.24, 2.45) is 0 Å². The first-order valence-corrected chi connectivity index (χ1v) is 11.0. The highest BCUT2D eigenvalue weighted by Crippen LogP contribution is 2.37. The number of benzene rings is 2. The summed E-state index contributed by atoms with van der Waals surface area (Å²) in [5.74, 6) is 1.76. The predicted molar refractivity (Wildman–Crippen MR) is 130 cm³/mol. The smallest absolute Gasteiger partial charge is 0.260 e. The monoisotopic (exact) mass is 469 g/mol. The van der Waals surface area contributed by atoms with E-state index >= 15 is 0 Å². The Labute approximate surface area is 198 Å². The summed E-state index contributed by atoms with van der Waals surface area (Å²) in [5.41, 5.74) is 2.85. The van der Waals surface area contributed by atoms with Crippen LogP contribution in [0.1, 0.15) is 50.6 Å². The number of rotatable bonds is 8. The van der Waals surface area contributed by atoms with E-state index in [1.54, 1.807) is 25.3 Å². The number of halogens is 1. The van der Waals surface area contributed by atoms with E-state index in [4.69, 9.17) is 25.6 Å². The van der Waals surface area contributed by atoms with Gasteiger partial charge >= 0.3 is 0 Å². The van der Waals surface area contributed by atoms with Gasteiger partial charge in [-0.25, -0.2) is 0 Å². The summed E-state index contributed by atoms with van der Waals surface area (Å²) in [6, 6.07) is 9.10. The minimum absolute atomic E-state index is 0.0534. The minimum Gasteiger partial charge on any atom is -0.493 e. The van der Waals surface area contributed by atoms with Crippen LogP contribution in [0.5, 0.6) is 11.5 Å². The highest BCUT2D eigenvalue weighted by atomic mass is 35.5. The molecule has 0 bridgehead atoms. The van der Waals surface area contributed by atoms with Gasteiger partial charge < -0.3 is 19.3 Å². The molecule has 33 heavy (non-hydrogen) atoms. The van der Waals surface area contributed by atoms with Crippen LogP contribution in [0, 0.1) is 6.92 Å². The number of anilines is 1. The first kappa shape index (κ1) is 24.3. The fourth-order valence-electron chi connectivity index (χ4n) is 3.11. The highest BCUT2D eigenvalue weighted by Gasteiger charge is 2.17. The summed E-state index contributed by atoms with van der Waals surface area (Å²) in [6.45, 7) is 9.69. The van der Waals surface area contributed by atoms with Crippen molar-refractivity contribution in [3.63, 3.8) is 0 Å². The van der Waals surface area contributed by atoms with E-state index in [0.717, 1.165) is 5.56 Å². The molecule has 1 heterocycles. The topological polar surface area (TPSA) is 86.5 Å². The Morgan fingerprint density at radius 2 is 1.97 bits per heavy atom. The average molecular weight is 470 g/mol. The highest BCUT2D eigenvalue weighted by molar-refractivity contribution is 6.32. The number of aromatic nitrogens is 2. The zero-order chi connectivity index (χ0) is 24.1. The second-order valence-corrected chi connectivity index (χ2v) is 8.54. The molecule has 1 N–H and O–H groups in total. The number of methoxy groups -OCH3 is 1. The Bertz CT molecular complexity index is 1170. The molecule has 8 heteroatoms. The Kier molecular flexibility index (Phi) is 7.76. The molecule has 7 nitrogen and oxygen atoms in total. The number of carbonyl (C=O) groups excluding carboxylic acids is 1. The van der Waals surface area contributed by atoms with Crippen molar-refractivity contribution in [3.05, 3.63) is 58.4 Å². The van der Waals surface area contributed by atoms with Crippen LogP contribution in [0.2, 0.25) is 5.02 Å². The lowest BCUT2D eigenvalue weighted by Crippen LogP contribution is -2.10. The van der Waals surface area contributed by atoms with E-state index in [1.807, 2.05) is 52.8 Å². The predicted octanol–water partition coefficient (Wildman–Crippen LogP) is 6.27. The van der Waals surface area contributed by atoms with Crippen molar-refractivity contribution in [1.29, 1.82) is 0 Å². The van der Waals surface area contributed by atoms with Crippen LogP contribution < -0.4 is 14.8 Å². The molecule has 0 radical (unpaired) electrons. The quantitative estimate of drug-likeness (QED) is 0.391. The van der Waals surface area contributed by atoms with Crippen LogP contribution in [0.15, 0.2) is 40.9 Å². The maximum absolute atomic E-state index is 12.7. The first-order valence-electron chi connectivity index (χ1n) is 10.7. The Morgan fingerprint density at radius 1 is 1.21 bits per heavy atom. The van der Waals surface area contributed by atoms with Gasteiger partial charge in [0.2, 0.25) is 5.91 Å². The number of ether oxygens (including phenoxy) is 2. The SMILES string of the molecule is COc1cc(/C=C/C(=O)Nc2c(C)cccc2-c2nc(C(C)C)no2)cc(Cl)c1OC(C)C. The summed E-state index contributed by atoms with van der Waals surface area (Å²) in [5, 5.41) is 7.35. The summed E-state index contributed by atoms with van der Waals surface area (Å²) >= 11 is 6.37. The summed E-state index contributed by atoms with van der Waals surface area (Å²) in [4.78, 5) is 17.2. The number of hydrogen-bond donors (Lipinski definition) is 1. The third-order valence-electron chi connectivity index (χ3n) is 4.74. The molecule has 0 aliphatic rings. The van der Waals surface area contributed by atoms with E-state index in [1.165, 1.54) is 6.08 Å². The third kappa shape index (κ3) is 5.93. The summed E-state index contributed by atoms with van der Waals surface area (Å²) in [7, 11) is 1.54. The molecule has 0 aliphatic carbocycles. The molecular weight excluding hydrogens is 442 g/mol. The molecular formula is C25H28ClN3O4. The van der Waals surface area contributed by atoms with Gasteiger partial charge in [-0.15, -0.1) is 0 Å². The largest absolute Gasteiger partial charge is 0.493 e. The van der Waals surface area contributed by atoms with E-state index in [2.05, 4.69) is 15.5 Å². The summed E-state index contributed by atoms with van der Waals surface area (Å²) < 4.78 is 16.6. The number of carbonyl (C=O) groups is 1. The minimum atomic E-state index is -0.313.